The Kier molecular flexibility index (Phi) is 4.45. The molecule has 0 aromatic heterocycles. The topological polar surface area (TPSA) is 0 Å². The average molecular weight is 131 g/mol. The molecule has 0 bridgehead atoms. The van der Waals surface area contributed by atoms with Gasteiger partial charge >= 0.3 is 0 Å². The summed E-state index contributed by atoms with van der Waals surface area (Å²) in [5.41, 5.74) is 0. The van der Waals surface area contributed by atoms with Crippen molar-refractivity contribution in [3.63, 3.8) is 0 Å². The molecular formula is C5H7S2. The summed E-state index contributed by atoms with van der Waals surface area (Å²) in [5, 5.41) is 0. The van der Waals surface area contributed by atoms with Gasteiger partial charge in [0.25, 0.3) is 0 Å². The third-order valence-corrected chi connectivity index (χ3v) is 1.48. The largest absolute Gasteiger partial charge is 0.118 e. The van der Waals surface area contributed by atoms with E-state index in [4.69, 9.17) is 12.2 Å². The molecule has 0 rings (SSSR count). The Labute approximate surface area is 54.0 Å². The number of allylic oxidation sites excluding steroid dienone is 1. The maximum absolute atomic E-state index is 4.78. The summed E-state index contributed by atoms with van der Waals surface area (Å²) >= 11 is 6.14. The third kappa shape index (κ3) is 4.02. The zero-order valence-corrected chi connectivity index (χ0v) is 5.65. The lowest BCUT2D eigenvalue weighted by Crippen LogP contribution is -1.77. The minimum atomic E-state index is 0.795. The molecule has 39 valence electrons. The smallest absolute Gasteiger partial charge is 0.0516 e. The molecule has 0 atom stereocenters. The van der Waals surface area contributed by atoms with Crippen LogP contribution in [0.5, 0.6) is 0 Å². The van der Waals surface area contributed by atoms with Crippen molar-refractivity contribution in [1.82, 2.24) is 0 Å². The summed E-state index contributed by atoms with van der Waals surface area (Å²) in [6, 6.07) is 0. The van der Waals surface area contributed by atoms with Crippen LogP contribution in [0.25, 0.3) is 0 Å². The van der Waals surface area contributed by atoms with Crippen molar-refractivity contribution in [1.29, 1.82) is 0 Å². The summed E-state index contributed by atoms with van der Waals surface area (Å²) in [6.07, 6.45) is 6.11. The number of hydrogen-bond donors (Lipinski definition) is 0. The molecule has 7 heavy (non-hydrogen) atoms. The molecule has 0 saturated carbocycles. The van der Waals surface area contributed by atoms with Gasteiger partial charge in [0.2, 0.25) is 0 Å². The summed E-state index contributed by atoms with van der Waals surface area (Å²) in [5.74, 6) is 0. The molecule has 0 unspecified atom stereocenters. The van der Waals surface area contributed by atoms with Gasteiger partial charge in [0, 0.05) is 12.7 Å². The molecule has 0 aliphatic heterocycles. The van der Waals surface area contributed by atoms with Gasteiger partial charge in [-0.25, -0.2) is 0 Å². The monoisotopic (exact) mass is 131 g/mol. The van der Waals surface area contributed by atoms with Gasteiger partial charge in [0.1, 0.15) is 0 Å². The highest BCUT2D eigenvalue weighted by Crippen LogP contribution is 2.03. The van der Waals surface area contributed by atoms with Crippen molar-refractivity contribution in [3.05, 3.63) is 18.9 Å². The highest BCUT2D eigenvalue weighted by Gasteiger charge is 1.84. The Bertz CT molecular complexity index is 76.1. The molecule has 0 amide bonds. The first-order valence-corrected chi connectivity index (χ1v) is 3.26. The van der Waals surface area contributed by atoms with Crippen LogP contribution >= 0.6 is 24.0 Å². The predicted octanol–water partition coefficient (Wildman–Crippen LogP) is 2.41. The fourth-order valence-corrected chi connectivity index (χ4v) is 0.530. The molecule has 0 aliphatic carbocycles. The number of hydrogen-bond acceptors (Lipinski definition) is 2. The molecule has 0 aliphatic rings. The van der Waals surface area contributed by atoms with E-state index in [1.165, 1.54) is 11.8 Å². The molecule has 2 heteroatoms. The third-order valence-electron chi connectivity index (χ3n) is 0.472. The van der Waals surface area contributed by atoms with E-state index in [1.807, 2.05) is 0 Å². The summed E-state index contributed by atoms with van der Waals surface area (Å²) in [4.78, 5) is 0. The average Bonchev–Trinajstić information content (AvgIpc) is 1.68. The number of rotatable bonds is 2. The van der Waals surface area contributed by atoms with E-state index in [2.05, 4.69) is 12.8 Å². The summed E-state index contributed by atoms with van der Waals surface area (Å²) in [7, 11) is 0. The Morgan fingerprint density at radius 2 is 2.43 bits per heavy atom. The highest BCUT2D eigenvalue weighted by molar-refractivity contribution is 8.23. The van der Waals surface area contributed by atoms with Crippen LogP contribution in [-0.4, -0.2) is 4.20 Å². The standard InChI is InChI=1S/C5H7S2/c1-3-4-5(6)7-2/h3H,1-2,4H2. The van der Waals surface area contributed by atoms with Crippen molar-refractivity contribution >= 4 is 28.2 Å². The van der Waals surface area contributed by atoms with Gasteiger partial charge in [-0.15, -0.1) is 18.3 Å². The van der Waals surface area contributed by atoms with Crippen LogP contribution in [0.15, 0.2) is 12.7 Å². The van der Waals surface area contributed by atoms with E-state index in [-0.39, 0.29) is 0 Å². The second-order valence-electron chi connectivity index (χ2n) is 1.01. The van der Waals surface area contributed by atoms with Crippen LogP contribution in [-0.2, 0) is 0 Å². The van der Waals surface area contributed by atoms with Crippen molar-refractivity contribution in [2.75, 3.05) is 0 Å². The van der Waals surface area contributed by atoms with Crippen LogP contribution in [0.4, 0.5) is 0 Å². The Hall–Kier alpha value is 0.180. The number of thioether (sulfide) groups is 1. The van der Waals surface area contributed by atoms with Crippen LogP contribution in [0.3, 0.4) is 0 Å². The van der Waals surface area contributed by atoms with E-state index in [9.17, 15) is 0 Å². The van der Waals surface area contributed by atoms with E-state index >= 15 is 0 Å². The normalized spacial score (nSPS) is 8.14. The maximum atomic E-state index is 4.78. The van der Waals surface area contributed by atoms with Gasteiger partial charge in [-0.3, -0.25) is 0 Å². The molecule has 0 spiro atoms. The Morgan fingerprint density at radius 3 is 2.57 bits per heavy atom. The van der Waals surface area contributed by atoms with E-state index in [1.54, 1.807) is 6.08 Å². The molecular weight excluding hydrogens is 124 g/mol. The van der Waals surface area contributed by atoms with Crippen LogP contribution in [0, 0.1) is 6.26 Å². The van der Waals surface area contributed by atoms with E-state index < -0.39 is 0 Å². The molecule has 0 fully saturated rings. The lowest BCUT2D eigenvalue weighted by molar-refractivity contribution is 1.59. The lowest BCUT2D eigenvalue weighted by atomic mass is 10.5. The first-order chi connectivity index (χ1) is 3.31. The van der Waals surface area contributed by atoms with Gasteiger partial charge in [0.05, 0.1) is 4.20 Å². The van der Waals surface area contributed by atoms with E-state index in [0.717, 1.165) is 10.6 Å². The predicted molar refractivity (Wildman–Crippen MR) is 40.4 cm³/mol. The van der Waals surface area contributed by atoms with Gasteiger partial charge < -0.3 is 0 Å². The number of thiocarbonyl (C=S) groups is 1. The summed E-state index contributed by atoms with van der Waals surface area (Å²) in [6.45, 7) is 3.52. The second-order valence-corrected chi connectivity index (χ2v) is 2.54. The van der Waals surface area contributed by atoms with Crippen LogP contribution < -0.4 is 0 Å². The Balaban J connectivity index is 3.17. The molecule has 0 heterocycles. The highest BCUT2D eigenvalue weighted by atomic mass is 32.2. The Morgan fingerprint density at radius 1 is 1.86 bits per heavy atom. The van der Waals surface area contributed by atoms with Crippen molar-refractivity contribution in [3.8, 4) is 0 Å². The first-order valence-electron chi connectivity index (χ1n) is 1.87. The van der Waals surface area contributed by atoms with Crippen molar-refractivity contribution in [2.45, 2.75) is 6.42 Å². The lowest BCUT2D eigenvalue weighted by Gasteiger charge is -1.87. The van der Waals surface area contributed by atoms with Crippen LogP contribution in [0.1, 0.15) is 6.42 Å². The SMILES string of the molecule is [CH2]SC(=S)CC=C. The summed E-state index contributed by atoms with van der Waals surface area (Å²) < 4.78 is 0.898. The maximum Gasteiger partial charge on any atom is 0.0516 e. The molecule has 0 saturated heterocycles. The molecule has 0 nitrogen and oxygen atoms in total. The zero-order chi connectivity index (χ0) is 5.70. The minimum absolute atomic E-state index is 0.795. The van der Waals surface area contributed by atoms with Gasteiger partial charge in [-0.05, 0) is 0 Å². The zero-order valence-electron chi connectivity index (χ0n) is 4.02. The fourth-order valence-electron chi connectivity index (χ4n) is 0.177. The molecule has 1 radical (unpaired) electrons. The van der Waals surface area contributed by atoms with Gasteiger partial charge in [-0.1, -0.05) is 18.3 Å². The molecule has 0 aromatic rings. The van der Waals surface area contributed by atoms with Gasteiger partial charge in [0.15, 0.2) is 0 Å². The van der Waals surface area contributed by atoms with Crippen molar-refractivity contribution in [2.24, 2.45) is 0 Å². The quantitative estimate of drug-likeness (QED) is 0.417. The molecule has 0 N–H and O–H groups in total. The first kappa shape index (κ1) is 7.18. The fraction of sp³-hybridized carbons (Fsp3) is 0.200. The second kappa shape index (κ2) is 4.34. The van der Waals surface area contributed by atoms with Crippen molar-refractivity contribution < 1.29 is 0 Å². The van der Waals surface area contributed by atoms with Gasteiger partial charge in [-0.2, -0.15) is 0 Å². The molecule has 0 aromatic carbocycles. The minimum Gasteiger partial charge on any atom is -0.118 e. The van der Waals surface area contributed by atoms with Crippen LogP contribution in [0.2, 0.25) is 0 Å². The van der Waals surface area contributed by atoms with E-state index in [0.29, 0.717) is 0 Å².